The average Bonchev–Trinajstić information content (AvgIpc) is 2.55. The summed E-state index contributed by atoms with van der Waals surface area (Å²) in [6.07, 6.45) is -1.15. The third-order valence-corrected chi connectivity index (χ3v) is 3.88. The fourth-order valence-electron chi connectivity index (χ4n) is 2.65. The van der Waals surface area contributed by atoms with Crippen molar-refractivity contribution < 1.29 is 18.3 Å². The van der Waals surface area contributed by atoms with Gasteiger partial charge in [0.05, 0.1) is 5.56 Å². The molecule has 0 saturated carbocycles. The van der Waals surface area contributed by atoms with Crippen molar-refractivity contribution in [3.05, 3.63) is 29.3 Å². The van der Waals surface area contributed by atoms with Crippen LogP contribution in [0.4, 0.5) is 13.2 Å². The average molecular weight is 287 g/mol. The Bertz CT molecular complexity index is 459. The van der Waals surface area contributed by atoms with E-state index in [1.54, 1.807) is 6.07 Å². The number of rotatable bonds is 2. The summed E-state index contributed by atoms with van der Waals surface area (Å²) in [5.74, 6) is -0.0173. The summed E-state index contributed by atoms with van der Waals surface area (Å²) >= 11 is 0. The van der Waals surface area contributed by atoms with Gasteiger partial charge in [-0.1, -0.05) is 13.0 Å². The molecule has 1 aliphatic rings. The molecule has 20 heavy (non-hydrogen) atoms. The zero-order valence-electron chi connectivity index (χ0n) is 11.6. The number of benzene rings is 1. The zero-order chi connectivity index (χ0) is 14.8. The van der Waals surface area contributed by atoms with Gasteiger partial charge < -0.3 is 5.11 Å². The van der Waals surface area contributed by atoms with Gasteiger partial charge in [0, 0.05) is 6.54 Å². The second-order valence-electron chi connectivity index (χ2n) is 5.66. The number of hydrogen-bond acceptors (Lipinski definition) is 2. The molecule has 0 aliphatic carbocycles. The minimum atomic E-state index is -4.51. The molecule has 5 heteroatoms. The first-order valence-electron chi connectivity index (χ1n) is 6.97. The van der Waals surface area contributed by atoms with E-state index in [0.717, 1.165) is 38.1 Å². The van der Waals surface area contributed by atoms with Crippen LogP contribution in [0.3, 0.4) is 0 Å². The van der Waals surface area contributed by atoms with Gasteiger partial charge in [0.25, 0.3) is 0 Å². The van der Waals surface area contributed by atoms with E-state index in [1.165, 1.54) is 6.42 Å². The molecule has 1 unspecified atom stereocenters. The Morgan fingerprint density at radius 1 is 1.25 bits per heavy atom. The van der Waals surface area contributed by atoms with Gasteiger partial charge in [-0.2, -0.15) is 13.2 Å². The third-order valence-electron chi connectivity index (χ3n) is 3.88. The SMILES string of the molecule is CC1CCCN(Cc2ccc(O)c(C(F)(F)F)c2)CC1. The van der Waals surface area contributed by atoms with Gasteiger partial charge in [-0.15, -0.1) is 0 Å². The van der Waals surface area contributed by atoms with Crippen molar-refractivity contribution in [3.8, 4) is 5.75 Å². The maximum Gasteiger partial charge on any atom is 0.419 e. The molecule has 2 rings (SSSR count). The highest BCUT2D eigenvalue weighted by molar-refractivity contribution is 5.38. The largest absolute Gasteiger partial charge is 0.507 e. The summed E-state index contributed by atoms with van der Waals surface area (Å²) in [5.41, 5.74) is -0.345. The Balaban J connectivity index is 2.10. The molecule has 0 radical (unpaired) electrons. The highest BCUT2D eigenvalue weighted by Crippen LogP contribution is 2.36. The molecular weight excluding hydrogens is 267 g/mol. The van der Waals surface area contributed by atoms with Crippen LogP contribution < -0.4 is 0 Å². The molecule has 1 N–H and O–H groups in total. The van der Waals surface area contributed by atoms with E-state index in [4.69, 9.17) is 0 Å². The number of nitrogens with zero attached hydrogens (tertiary/aromatic N) is 1. The second-order valence-corrected chi connectivity index (χ2v) is 5.66. The van der Waals surface area contributed by atoms with E-state index in [2.05, 4.69) is 11.8 Å². The van der Waals surface area contributed by atoms with Crippen LogP contribution >= 0.6 is 0 Å². The molecule has 0 spiro atoms. The molecule has 2 nitrogen and oxygen atoms in total. The van der Waals surface area contributed by atoms with Gasteiger partial charge in [-0.05, 0) is 56.0 Å². The zero-order valence-corrected chi connectivity index (χ0v) is 11.6. The van der Waals surface area contributed by atoms with Gasteiger partial charge in [0.1, 0.15) is 5.75 Å². The lowest BCUT2D eigenvalue weighted by Gasteiger charge is -2.21. The van der Waals surface area contributed by atoms with E-state index >= 15 is 0 Å². The summed E-state index contributed by atoms with van der Waals surface area (Å²) in [7, 11) is 0. The quantitative estimate of drug-likeness (QED) is 0.887. The molecule has 1 aromatic rings. The predicted octanol–water partition coefficient (Wildman–Crippen LogP) is 4.03. The van der Waals surface area contributed by atoms with Crippen molar-refractivity contribution in [1.29, 1.82) is 0 Å². The van der Waals surface area contributed by atoms with Crippen LogP contribution in [0.5, 0.6) is 5.75 Å². The predicted molar refractivity (Wildman–Crippen MR) is 71.4 cm³/mol. The summed E-state index contributed by atoms with van der Waals surface area (Å²) in [4.78, 5) is 2.19. The van der Waals surface area contributed by atoms with Crippen LogP contribution in [-0.2, 0) is 12.7 Å². The number of aromatic hydroxyl groups is 1. The van der Waals surface area contributed by atoms with Gasteiger partial charge in [-0.3, -0.25) is 4.90 Å². The Labute approximate surface area is 117 Å². The summed E-state index contributed by atoms with van der Waals surface area (Å²) in [6, 6.07) is 3.77. The van der Waals surface area contributed by atoms with E-state index in [9.17, 15) is 18.3 Å². The Morgan fingerprint density at radius 3 is 2.70 bits per heavy atom. The van der Waals surface area contributed by atoms with Crippen LogP contribution in [-0.4, -0.2) is 23.1 Å². The Hall–Kier alpha value is -1.23. The van der Waals surface area contributed by atoms with Crippen LogP contribution in [0.25, 0.3) is 0 Å². The van der Waals surface area contributed by atoms with E-state index in [1.807, 2.05) is 0 Å². The van der Waals surface area contributed by atoms with Crippen LogP contribution in [0.2, 0.25) is 0 Å². The molecule has 0 bridgehead atoms. The Kier molecular flexibility index (Phi) is 4.58. The first kappa shape index (κ1) is 15.2. The smallest absolute Gasteiger partial charge is 0.419 e. The van der Waals surface area contributed by atoms with E-state index in [0.29, 0.717) is 18.0 Å². The van der Waals surface area contributed by atoms with Crippen LogP contribution in [0.1, 0.15) is 37.3 Å². The minimum Gasteiger partial charge on any atom is -0.507 e. The van der Waals surface area contributed by atoms with Crippen molar-refractivity contribution >= 4 is 0 Å². The van der Waals surface area contributed by atoms with Crippen LogP contribution in [0.15, 0.2) is 18.2 Å². The van der Waals surface area contributed by atoms with Crippen LogP contribution in [0, 0.1) is 5.92 Å². The van der Waals surface area contributed by atoms with Crippen molar-refractivity contribution in [1.82, 2.24) is 4.90 Å². The lowest BCUT2D eigenvalue weighted by Crippen LogP contribution is -2.24. The maximum atomic E-state index is 12.7. The first-order chi connectivity index (χ1) is 9.36. The molecular formula is C15H20F3NO. The topological polar surface area (TPSA) is 23.5 Å². The van der Waals surface area contributed by atoms with Crippen molar-refractivity contribution in [2.45, 2.75) is 38.9 Å². The third kappa shape index (κ3) is 3.88. The molecule has 0 amide bonds. The lowest BCUT2D eigenvalue weighted by atomic mass is 10.0. The normalized spacial score (nSPS) is 21.7. The fraction of sp³-hybridized carbons (Fsp3) is 0.600. The molecule has 0 aromatic heterocycles. The van der Waals surface area contributed by atoms with E-state index in [-0.39, 0.29) is 0 Å². The minimum absolute atomic E-state index is 0.510. The molecule has 1 heterocycles. The molecule has 1 saturated heterocycles. The standard InChI is InChI=1S/C15H20F3NO/c1-11-3-2-7-19(8-6-11)10-12-4-5-14(20)13(9-12)15(16,17)18/h4-5,9,11,20H,2-3,6-8,10H2,1H3. The van der Waals surface area contributed by atoms with Gasteiger partial charge in [-0.25, -0.2) is 0 Å². The molecule has 1 aliphatic heterocycles. The van der Waals surface area contributed by atoms with Crippen molar-refractivity contribution in [2.24, 2.45) is 5.92 Å². The number of hydrogen-bond donors (Lipinski definition) is 1. The van der Waals surface area contributed by atoms with E-state index < -0.39 is 17.5 Å². The monoisotopic (exact) mass is 287 g/mol. The van der Waals surface area contributed by atoms with Crippen molar-refractivity contribution in [2.75, 3.05) is 13.1 Å². The highest BCUT2D eigenvalue weighted by atomic mass is 19.4. The molecule has 1 aromatic carbocycles. The fourth-order valence-corrected chi connectivity index (χ4v) is 2.65. The summed E-state index contributed by atoms with van der Waals surface area (Å²) in [6.45, 7) is 4.57. The first-order valence-corrected chi connectivity index (χ1v) is 6.97. The number of phenols is 1. The molecule has 1 atom stereocenters. The molecule has 1 fully saturated rings. The second kappa shape index (κ2) is 6.04. The summed E-state index contributed by atoms with van der Waals surface area (Å²) in [5, 5.41) is 9.32. The number of phenolic OH excluding ortho intramolecular Hbond substituents is 1. The lowest BCUT2D eigenvalue weighted by molar-refractivity contribution is -0.138. The van der Waals surface area contributed by atoms with Crippen molar-refractivity contribution in [3.63, 3.8) is 0 Å². The highest BCUT2D eigenvalue weighted by Gasteiger charge is 2.34. The maximum absolute atomic E-state index is 12.7. The van der Waals surface area contributed by atoms with Gasteiger partial charge >= 0.3 is 6.18 Å². The molecule has 112 valence electrons. The number of alkyl halides is 3. The number of halogens is 3. The van der Waals surface area contributed by atoms with Gasteiger partial charge in [0.15, 0.2) is 0 Å². The summed E-state index contributed by atoms with van der Waals surface area (Å²) < 4.78 is 38.2. The number of likely N-dealkylation sites (tertiary alicyclic amines) is 1. The Morgan fingerprint density at radius 2 is 2.00 bits per heavy atom. The van der Waals surface area contributed by atoms with Gasteiger partial charge in [0.2, 0.25) is 0 Å².